The molecular formula is C17H13BrN2O2. The van der Waals surface area contributed by atoms with Gasteiger partial charge in [-0.1, -0.05) is 46.3 Å². The van der Waals surface area contributed by atoms with Gasteiger partial charge in [0, 0.05) is 15.4 Å². The Morgan fingerprint density at radius 3 is 2.73 bits per heavy atom. The molecule has 2 aromatic carbocycles. The molecule has 110 valence electrons. The fourth-order valence-corrected chi connectivity index (χ4v) is 2.59. The van der Waals surface area contributed by atoms with Crippen LogP contribution in [0, 0.1) is 0 Å². The van der Waals surface area contributed by atoms with Gasteiger partial charge in [-0.15, -0.1) is 0 Å². The van der Waals surface area contributed by atoms with Crippen molar-refractivity contribution in [2.24, 2.45) is 0 Å². The van der Waals surface area contributed by atoms with E-state index in [1.54, 1.807) is 6.92 Å². The first-order chi connectivity index (χ1) is 10.7. The molecule has 0 aliphatic heterocycles. The molecule has 3 rings (SSSR count). The van der Waals surface area contributed by atoms with Gasteiger partial charge < -0.3 is 4.74 Å². The van der Waals surface area contributed by atoms with Gasteiger partial charge in [0.1, 0.15) is 0 Å². The predicted octanol–water partition coefficient (Wildman–Crippen LogP) is 4.24. The van der Waals surface area contributed by atoms with Crippen LogP contribution < -0.4 is 0 Å². The molecule has 0 N–H and O–H groups in total. The van der Waals surface area contributed by atoms with Gasteiger partial charge in [0.25, 0.3) is 0 Å². The summed E-state index contributed by atoms with van der Waals surface area (Å²) in [5.41, 5.74) is 1.85. The van der Waals surface area contributed by atoms with Crippen LogP contribution in [0.4, 0.5) is 0 Å². The molecule has 0 bridgehead atoms. The van der Waals surface area contributed by atoms with E-state index >= 15 is 0 Å². The summed E-state index contributed by atoms with van der Waals surface area (Å²) in [6, 6.07) is 15.1. The van der Waals surface area contributed by atoms with E-state index in [0.29, 0.717) is 23.5 Å². The number of nitrogens with zero attached hydrogens (tertiary/aromatic N) is 2. The fraction of sp³-hybridized carbons (Fsp3) is 0.118. The third-order valence-corrected chi connectivity index (χ3v) is 3.65. The normalized spacial score (nSPS) is 10.6. The molecule has 5 heteroatoms. The monoisotopic (exact) mass is 356 g/mol. The Kier molecular flexibility index (Phi) is 4.15. The highest BCUT2D eigenvalue weighted by atomic mass is 79.9. The molecule has 3 aromatic rings. The van der Waals surface area contributed by atoms with Gasteiger partial charge >= 0.3 is 5.97 Å². The topological polar surface area (TPSA) is 52.1 Å². The van der Waals surface area contributed by atoms with Gasteiger partial charge in [-0.2, -0.15) is 0 Å². The summed E-state index contributed by atoms with van der Waals surface area (Å²) in [5.74, 6) is 0.0698. The lowest BCUT2D eigenvalue weighted by molar-refractivity contribution is 0.0522. The van der Waals surface area contributed by atoms with Crippen LogP contribution in [0.25, 0.3) is 22.3 Å². The van der Waals surface area contributed by atoms with E-state index in [-0.39, 0.29) is 0 Å². The Bertz CT molecular complexity index is 849. The van der Waals surface area contributed by atoms with E-state index in [1.807, 2.05) is 48.5 Å². The highest BCUT2D eigenvalue weighted by Crippen LogP contribution is 2.24. The third-order valence-electron chi connectivity index (χ3n) is 3.15. The number of rotatable bonds is 3. The molecule has 0 aliphatic carbocycles. The van der Waals surface area contributed by atoms with Crippen LogP contribution in [0.5, 0.6) is 0 Å². The summed E-state index contributed by atoms with van der Waals surface area (Å²) in [5, 5.41) is 0.694. The third kappa shape index (κ3) is 2.85. The number of hydrogen-bond donors (Lipinski definition) is 0. The van der Waals surface area contributed by atoms with Crippen molar-refractivity contribution in [2.75, 3.05) is 6.61 Å². The SMILES string of the molecule is CCOC(=O)c1nc(-c2cccc(Br)c2)nc2ccccc12. The van der Waals surface area contributed by atoms with Crippen LogP contribution >= 0.6 is 15.9 Å². The van der Waals surface area contributed by atoms with Gasteiger partial charge in [-0.05, 0) is 25.1 Å². The van der Waals surface area contributed by atoms with E-state index in [1.165, 1.54) is 0 Å². The molecule has 0 radical (unpaired) electrons. The largest absolute Gasteiger partial charge is 0.461 e. The smallest absolute Gasteiger partial charge is 0.357 e. The molecule has 4 nitrogen and oxygen atoms in total. The van der Waals surface area contributed by atoms with Gasteiger partial charge in [0.15, 0.2) is 11.5 Å². The summed E-state index contributed by atoms with van der Waals surface area (Å²) in [7, 11) is 0. The molecule has 0 saturated heterocycles. The average molecular weight is 357 g/mol. The minimum Gasteiger partial charge on any atom is -0.461 e. The van der Waals surface area contributed by atoms with Crippen molar-refractivity contribution in [2.45, 2.75) is 6.92 Å². The second kappa shape index (κ2) is 6.23. The molecule has 0 spiro atoms. The molecule has 1 aromatic heterocycles. The van der Waals surface area contributed by atoms with Crippen molar-refractivity contribution in [3.05, 3.63) is 58.7 Å². The van der Waals surface area contributed by atoms with E-state index in [9.17, 15) is 4.79 Å². The lowest BCUT2D eigenvalue weighted by atomic mass is 10.1. The van der Waals surface area contributed by atoms with E-state index in [4.69, 9.17) is 4.74 Å². The van der Waals surface area contributed by atoms with Crippen LogP contribution in [0.2, 0.25) is 0 Å². The number of carbonyl (C=O) groups is 1. The van der Waals surface area contributed by atoms with Gasteiger partial charge in [-0.25, -0.2) is 14.8 Å². The Balaban J connectivity index is 2.22. The Morgan fingerprint density at radius 2 is 1.95 bits per heavy atom. The fourth-order valence-electron chi connectivity index (χ4n) is 2.19. The Labute approximate surface area is 136 Å². The first-order valence-electron chi connectivity index (χ1n) is 6.89. The Morgan fingerprint density at radius 1 is 1.14 bits per heavy atom. The first-order valence-corrected chi connectivity index (χ1v) is 7.68. The number of para-hydroxylation sites is 1. The zero-order valence-electron chi connectivity index (χ0n) is 11.9. The summed E-state index contributed by atoms with van der Waals surface area (Å²) < 4.78 is 6.04. The molecule has 22 heavy (non-hydrogen) atoms. The van der Waals surface area contributed by atoms with Crippen molar-refractivity contribution in [1.29, 1.82) is 0 Å². The van der Waals surface area contributed by atoms with Crippen molar-refractivity contribution in [3.8, 4) is 11.4 Å². The molecule has 0 aliphatic rings. The molecular weight excluding hydrogens is 344 g/mol. The molecule has 1 heterocycles. The number of aromatic nitrogens is 2. The molecule has 0 amide bonds. The number of fused-ring (bicyclic) bond motifs is 1. The van der Waals surface area contributed by atoms with Gasteiger partial charge in [-0.3, -0.25) is 0 Å². The summed E-state index contributed by atoms with van der Waals surface area (Å²) in [4.78, 5) is 21.2. The zero-order valence-corrected chi connectivity index (χ0v) is 13.5. The summed E-state index contributed by atoms with van der Waals surface area (Å²) in [6.07, 6.45) is 0. The van der Waals surface area contributed by atoms with E-state index in [0.717, 1.165) is 15.6 Å². The summed E-state index contributed by atoms with van der Waals surface area (Å²) >= 11 is 3.43. The number of ether oxygens (including phenoxy) is 1. The van der Waals surface area contributed by atoms with Crippen LogP contribution in [0.15, 0.2) is 53.0 Å². The molecule has 0 unspecified atom stereocenters. The quantitative estimate of drug-likeness (QED) is 0.658. The minimum absolute atomic E-state index is 0.294. The molecule has 0 atom stereocenters. The molecule has 0 fully saturated rings. The van der Waals surface area contributed by atoms with Crippen molar-refractivity contribution < 1.29 is 9.53 Å². The summed E-state index contributed by atoms with van der Waals surface area (Å²) in [6.45, 7) is 2.08. The lowest BCUT2D eigenvalue weighted by Gasteiger charge is -2.08. The lowest BCUT2D eigenvalue weighted by Crippen LogP contribution is -2.09. The van der Waals surface area contributed by atoms with Gasteiger partial charge in [0.05, 0.1) is 12.1 Å². The van der Waals surface area contributed by atoms with Crippen molar-refractivity contribution in [1.82, 2.24) is 9.97 Å². The van der Waals surface area contributed by atoms with Crippen molar-refractivity contribution >= 4 is 32.8 Å². The second-order valence-electron chi connectivity index (χ2n) is 4.64. The van der Waals surface area contributed by atoms with Gasteiger partial charge in [0.2, 0.25) is 0 Å². The highest BCUT2D eigenvalue weighted by molar-refractivity contribution is 9.10. The number of hydrogen-bond acceptors (Lipinski definition) is 4. The van der Waals surface area contributed by atoms with Crippen LogP contribution in [0.1, 0.15) is 17.4 Å². The van der Waals surface area contributed by atoms with Crippen LogP contribution in [-0.2, 0) is 4.74 Å². The van der Waals surface area contributed by atoms with E-state index < -0.39 is 5.97 Å². The number of esters is 1. The maximum absolute atomic E-state index is 12.2. The molecule has 0 saturated carbocycles. The maximum atomic E-state index is 12.2. The maximum Gasteiger partial charge on any atom is 0.357 e. The number of carbonyl (C=O) groups excluding carboxylic acids is 1. The van der Waals surface area contributed by atoms with Crippen LogP contribution in [-0.4, -0.2) is 22.5 Å². The van der Waals surface area contributed by atoms with Crippen LogP contribution in [0.3, 0.4) is 0 Å². The standard InChI is InChI=1S/C17H13BrN2O2/c1-2-22-17(21)15-13-8-3-4-9-14(13)19-16(20-15)11-6-5-7-12(18)10-11/h3-10H,2H2,1H3. The van der Waals surface area contributed by atoms with E-state index in [2.05, 4.69) is 25.9 Å². The highest BCUT2D eigenvalue weighted by Gasteiger charge is 2.16. The van der Waals surface area contributed by atoms with Crippen molar-refractivity contribution in [3.63, 3.8) is 0 Å². The average Bonchev–Trinajstić information content (AvgIpc) is 2.54. The first kappa shape index (κ1) is 14.7. The number of benzene rings is 2. The second-order valence-corrected chi connectivity index (χ2v) is 5.56. The Hall–Kier alpha value is -2.27. The zero-order chi connectivity index (χ0) is 15.5. The predicted molar refractivity (Wildman–Crippen MR) is 88.6 cm³/mol. The minimum atomic E-state index is -0.433. The number of halogens is 1.